The second kappa shape index (κ2) is 7.47. The first kappa shape index (κ1) is 21.2. The SMILES string of the molecule is CN1C(=O)C=C[C@]2(C)[C@H]3CC[C@]4(C)C(NC(=O)c5ccc(C#N)cc5)CC[C@H]4[C@@H]3CC[C@@H]12. The van der Waals surface area contributed by atoms with E-state index in [1.165, 1.54) is 6.42 Å². The van der Waals surface area contributed by atoms with Crippen molar-refractivity contribution in [1.29, 1.82) is 5.26 Å². The van der Waals surface area contributed by atoms with Crippen molar-refractivity contribution in [3.8, 4) is 6.07 Å². The summed E-state index contributed by atoms with van der Waals surface area (Å²) >= 11 is 0. The van der Waals surface area contributed by atoms with Crippen LogP contribution in [0.25, 0.3) is 0 Å². The van der Waals surface area contributed by atoms with E-state index in [1.54, 1.807) is 30.3 Å². The van der Waals surface area contributed by atoms with Crippen LogP contribution >= 0.6 is 0 Å². The van der Waals surface area contributed by atoms with E-state index in [0.29, 0.717) is 34.9 Å². The molecule has 32 heavy (non-hydrogen) atoms. The fourth-order valence-corrected chi connectivity index (χ4v) is 7.91. The number of nitrogens with zero attached hydrogens (tertiary/aromatic N) is 2. The van der Waals surface area contributed by atoms with Gasteiger partial charge in [0, 0.05) is 30.1 Å². The van der Waals surface area contributed by atoms with Gasteiger partial charge in [-0.15, -0.1) is 0 Å². The molecule has 1 heterocycles. The molecule has 1 aliphatic heterocycles. The van der Waals surface area contributed by atoms with Crippen molar-refractivity contribution in [3.05, 3.63) is 47.5 Å². The molecular formula is C27H33N3O2. The Balaban J connectivity index is 1.35. The molecule has 1 unspecified atom stereocenters. The number of benzene rings is 1. The minimum atomic E-state index is -0.0329. The molecule has 1 N–H and O–H groups in total. The Morgan fingerprint density at radius 2 is 1.84 bits per heavy atom. The van der Waals surface area contributed by atoms with Gasteiger partial charge in [0.1, 0.15) is 0 Å². The van der Waals surface area contributed by atoms with E-state index in [0.717, 1.165) is 32.1 Å². The Kier molecular flexibility index (Phi) is 4.96. The third-order valence-corrected chi connectivity index (χ3v) is 9.71. The van der Waals surface area contributed by atoms with Gasteiger partial charge in [0.15, 0.2) is 0 Å². The fourth-order valence-electron chi connectivity index (χ4n) is 7.91. The number of amides is 2. The zero-order valence-corrected chi connectivity index (χ0v) is 19.3. The summed E-state index contributed by atoms with van der Waals surface area (Å²) in [7, 11) is 1.96. The number of carbonyl (C=O) groups excluding carboxylic acids is 2. The van der Waals surface area contributed by atoms with Crippen LogP contribution in [0.5, 0.6) is 0 Å². The maximum atomic E-state index is 13.0. The highest BCUT2D eigenvalue weighted by molar-refractivity contribution is 5.94. The molecule has 0 spiro atoms. The number of nitrogens with one attached hydrogen (secondary N) is 1. The van der Waals surface area contributed by atoms with Crippen molar-refractivity contribution < 1.29 is 9.59 Å². The minimum absolute atomic E-state index is 0.0329. The maximum absolute atomic E-state index is 13.0. The van der Waals surface area contributed by atoms with Crippen LogP contribution in [-0.2, 0) is 4.79 Å². The van der Waals surface area contributed by atoms with E-state index in [4.69, 9.17) is 5.26 Å². The average Bonchev–Trinajstić information content (AvgIpc) is 3.13. The van der Waals surface area contributed by atoms with Gasteiger partial charge in [0.05, 0.1) is 11.6 Å². The molecule has 1 aromatic rings. The third-order valence-electron chi connectivity index (χ3n) is 9.71. The van der Waals surface area contributed by atoms with Gasteiger partial charge in [-0.05, 0) is 92.0 Å². The Morgan fingerprint density at radius 1 is 1.09 bits per heavy atom. The highest BCUT2D eigenvalue weighted by Gasteiger charge is 2.60. The standard InChI is InChI=1S/C27H33N3O2/c1-26-14-12-21-19(8-11-23-27(21,2)15-13-24(31)30(23)3)20(26)9-10-22(26)29-25(32)18-6-4-17(16-28)5-7-18/h4-7,13,15,19-23H,8-12,14H2,1-3H3,(H,29,32)/t19-,20-,21-,22?,23+,26-,27+/m0/s1. The topological polar surface area (TPSA) is 73.2 Å². The summed E-state index contributed by atoms with van der Waals surface area (Å²) in [5, 5.41) is 12.4. The predicted octanol–water partition coefficient (Wildman–Crippen LogP) is 4.30. The lowest BCUT2D eigenvalue weighted by molar-refractivity contribution is -0.138. The number of fused-ring (bicyclic) bond motifs is 5. The lowest BCUT2D eigenvalue weighted by Crippen LogP contribution is -2.60. The Labute approximate surface area is 190 Å². The smallest absolute Gasteiger partial charge is 0.251 e. The molecule has 3 aliphatic carbocycles. The van der Waals surface area contributed by atoms with Crippen molar-refractivity contribution in [2.45, 2.75) is 64.5 Å². The third kappa shape index (κ3) is 3.03. The Bertz CT molecular complexity index is 1010. The van der Waals surface area contributed by atoms with Gasteiger partial charge in [0.25, 0.3) is 5.91 Å². The molecule has 2 amide bonds. The van der Waals surface area contributed by atoms with Crippen LogP contribution in [-0.4, -0.2) is 35.8 Å². The number of nitriles is 1. The molecule has 0 bridgehead atoms. The molecular weight excluding hydrogens is 398 g/mol. The van der Waals surface area contributed by atoms with Gasteiger partial charge in [-0.2, -0.15) is 5.26 Å². The molecule has 3 saturated carbocycles. The van der Waals surface area contributed by atoms with Gasteiger partial charge in [-0.1, -0.05) is 19.9 Å². The number of carbonyl (C=O) groups is 2. The van der Waals surface area contributed by atoms with E-state index in [2.05, 4.69) is 31.3 Å². The highest BCUT2D eigenvalue weighted by atomic mass is 16.2. The summed E-state index contributed by atoms with van der Waals surface area (Å²) in [6, 6.07) is 9.50. The largest absolute Gasteiger partial charge is 0.349 e. The predicted molar refractivity (Wildman–Crippen MR) is 122 cm³/mol. The van der Waals surface area contributed by atoms with E-state index >= 15 is 0 Å². The Hall–Kier alpha value is -2.61. The number of hydrogen-bond donors (Lipinski definition) is 1. The normalized spacial score (nSPS) is 40.1. The zero-order chi connectivity index (χ0) is 22.7. The molecule has 0 aromatic heterocycles. The quantitative estimate of drug-likeness (QED) is 0.759. The molecule has 0 radical (unpaired) electrons. The Morgan fingerprint density at radius 3 is 2.56 bits per heavy atom. The van der Waals surface area contributed by atoms with Gasteiger partial charge in [0.2, 0.25) is 5.91 Å². The van der Waals surface area contributed by atoms with Crippen LogP contribution in [0.3, 0.4) is 0 Å². The van der Waals surface area contributed by atoms with Gasteiger partial charge < -0.3 is 10.2 Å². The van der Waals surface area contributed by atoms with Crippen LogP contribution in [0.15, 0.2) is 36.4 Å². The molecule has 168 valence electrons. The van der Waals surface area contributed by atoms with Crippen molar-refractivity contribution in [1.82, 2.24) is 10.2 Å². The van der Waals surface area contributed by atoms with E-state index < -0.39 is 0 Å². The van der Waals surface area contributed by atoms with Crippen LogP contribution in [0.1, 0.15) is 68.3 Å². The second-order valence-corrected chi connectivity index (χ2v) is 11.0. The number of likely N-dealkylation sites (N-methyl/N-ethyl adjacent to an activating group) is 1. The fraction of sp³-hybridized carbons (Fsp3) is 0.593. The molecule has 7 atom stereocenters. The summed E-state index contributed by atoms with van der Waals surface area (Å²) in [4.78, 5) is 27.2. The minimum Gasteiger partial charge on any atom is -0.349 e. The molecule has 3 fully saturated rings. The lowest BCUT2D eigenvalue weighted by atomic mass is 9.48. The monoisotopic (exact) mass is 431 g/mol. The molecule has 1 aromatic carbocycles. The van der Waals surface area contributed by atoms with Crippen molar-refractivity contribution in [3.63, 3.8) is 0 Å². The van der Waals surface area contributed by atoms with Gasteiger partial charge in [-0.25, -0.2) is 0 Å². The summed E-state index contributed by atoms with van der Waals surface area (Å²) in [6.07, 6.45) is 10.7. The van der Waals surface area contributed by atoms with Crippen LogP contribution in [0, 0.1) is 39.9 Å². The highest BCUT2D eigenvalue weighted by Crippen LogP contribution is 2.63. The molecule has 5 heteroatoms. The molecule has 5 nitrogen and oxygen atoms in total. The lowest BCUT2D eigenvalue weighted by Gasteiger charge is -2.60. The molecule has 4 aliphatic rings. The first-order valence-electron chi connectivity index (χ1n) is 12.0. The zero-order valence-electron chi connectivity index (χ0n) is 19.3. The maximum Gasteiger partial charge on any atom is 0.251 e. The molecule has 0 saturated heterocycles. The van der Waals surface area contributed by atoms with Crippen molar-refractivity contribution in [2.24, 2.45) is 28.6 Å². The average molecular weight is 432 g/mol. The van der Waals surface area contributed by atoms with Gasteiger partial charge in [-0.3, -0.25) is 9.59 Å². The van der Waals surface area contributed by atoms with Crippen LogP contribution in [0.4, 0.5) is 0 Å². The summed E-state index contributed by atoms with van der Waals surface area (Å²) in [5.74, 6) is 1.96. The van der Waals surface area contributed by atoms with Crippen molar-refractivity contribution in [2.75, 3.05) is 7.05 Å². The first-order chi connectivity index (χ1) is 15.3. The second-order valence-electron chi connectivity index (χ2n) is 11.0. The number of hydrogen-bond acceptors (Lipinski definition) is 3. The summed E-state index contributed by atoms with van der Waals surface area (Å²) in [6.45, 7) is 4.76. The van der Waals surface area contributed by atoms with Crippen LogP contribution in [0.2, 0.25) is 0 Å². The van der Waals surface area contributed by atoms with Crippen LogP contribution < -0.4 is 5.32 Å². The van der Waals surface area contributed by atoms with E-state index in [9.17, 15) is 9.59 Å². The molecule has 5 rings (SSSR count). The van der Waals surface area contributed by atoms with Crippen molar-refractivity contribution >= 4 is 11.8 Å². The number of rotatable bonds is 2. The van der Waals surface area contributed by atoms with E-state index in [1.807, 2.05) is 11.9 Å². The van der Waals surface area contributed by atoms with Gasteiger partial charge >= 0.3 is 0 Å². The van der Waals surface area contributed by atoms with E-state index in [-0.39, 0.29) is 28.7 Å². The summed E-state index contributed by atoms with van der Waals surface area (Å²) < 4.78 is 0. The summed E-state index contributed by atoms with van der Waals surface area (Å²) in [5.41, 5.74) is 1.36. The first-order valence-corrected chi connectivity index (χ1v) is 12.0.